The third kappa shape index (κ3) is 22.9. The molecule has 0 fully saturated rings. The van der Waals surface area contributed by atoms with Crippen molar-refractivity contribution >= 4 is 16.9 Å². The lowest BCUT2D eigenvalue weighted by Gasteiger charge is -2.17. The van der Waals surface area contributed by atoms with Crippen LogP contribution < -0.4 is 0 Å². The molecule has 1 unspecified atom stereocenters. The number of rotatable bonds is 2. The Morgan fingerprint density at radius 2 is 1.25 bits per heavy atom. The van der Waals surface area contributed by atoms with Gasteiger partial charge in [-0.3, -0.25) is 4.18 Å². The van der Waals surface area contributed by atoms with Gasteiger partial charge in [-0.15, -0.1) is 10.2 Å². The molecular weight excluding hydrogens is 356 g/mol. The molecule has 6 nitrogen and oxygen atoms in total. The molecule has 0 amide bonds. The standard InChI is InChI=1S/C4H6F4.C4H6N2O.C3H6O.C2H6O2S/c1-3(5,6)4(2,7)8;1-3-5-6-4(2)7-3;1-3(2)4;1-4-5(2)3/h1-2H3;1-2H3;1-2H3;1-2H3. The quantitative estimate of drug-likeness (QED) is 0.731. The molecule has 11 heteroatoms. The van der Waals surface area contributed by atoms with E-state index in [9.17, 15) is 26.6 Å². The highest BCUT2D eigenvalue weighted by Gasteiger charge is 2.47. The van der Waals surface area contributed by atoms with Crippen LogP contribution in [0.25, 0.3) is 0 Å². The summed E-state index contributed by atoms with van der Waals surface area (Å²) in [5.74, 6) is -6.38. The van der Waals surface area contributed by atoms with Crippen molar-refractivity contribution in [1.29, 1.82) is 0 Å². The molecular formula is C13H24F4N2O4S. The zero-order valence-corrected chi connectivity index (χ0v) is 15.8. The van der Waals surface area contributed by atoms with Gasteiger partial charge >= 0.3 is 11.8 Å². The van der Waals surface area contributed by atoms with Crippen LogP contribution >= 0.6 is 0 Å². The van der Waals surface area contributed by atoms with Gasteiger partial charge in [-0.1, -0.05) is 0 Å². The summed E-state index contributed by atoms with van der Waals surface area (Å²) in [5.41, 5.74) is 0. The van der Waals surface area contributed by atoms with E-state index in [4.69, 9.17) is 4.42 Å². The Balaban J connectivity index is -0.000000254. The van der Waals surface area contributed by atoms with E-state index in [0.717, 1.165) is 0 Å². The van der Waals surface area contributed by atoms with Gasteiger partial charge < -0.3 is 9.21 Å². The van der Waals surface area contributed by atoms with Gasteiger partial charge in [0.05, 0.1) is 7.11 Å². The first-order valence-electron chi connectivity index (χ1n) is 6.42. The third-order valence-corrected chi connectivity index (χ3v) is 2.10. The SMILES string of the molecule is CC(C)=O.CC(F)(F)C(C)(F)F.COS(C)=O.Cc1nnc(C)o1. The topological polar surface area (TPSA) is 82.3 Å². The molecule has 0 bridgehead atoms. The zero-order chi connectivity index (χ0) is 20.1. The summed E-state index contributed by atoms with van der Waals surface area (Å²) in [6, 6.07) is 0. The van der Waals surface area contributed by atoms with Crippen LogP contribution in [0.1, 0.15) is 39.5 Å². The molecule has 0 saturated carbocycles. The Bertz CT molecular complexity index is 453. The highest BCUT2D eigenvalue weighted by molar-refractivity contribution is 7.79. The smallest absolute Gasteiger partial charge is 0.307 e. The number of nitrogens with zero attached hydrogens (tertiary/aromatic N) is 2. The van der Waals surface area contributed by atoms with Crippen LogP contribution in [0.3, 0.4) is 0 Å². The number of carbonyl (C=O) groups excluding carboxylic acids is 1. The molecule has 0 aliphatic heterocycles. The minimum atomic E-state index is -3.90. The Morgan fingerprint density at radius 3 is 1.29 bits per heavy atom. The number of alkyl halides is 4. The summed E-state index contributed by atoms with van der Waals surface area (Å²) >= 11 is -1.07. The second-order valence-corrected chi connectivity index (χ2v) is 5.73. The maximum Gasteiger partial charge on any atom is 0.307 e. The fourth-order valence-electron chi connectivity index (χ4n) is 0.395. The average molecular weight is 380 g/mol. The van der Waals surface area contributed by atoms with Gasteiger partial charge in [0.15, 0.2) is 11.1 Å². The van der Waals surface area contributed by atoms with Crippen molar-refractivity contribution in [2.45, 2.75) is 53.4 Å². The van der Waals surface area contributed by atoms with Gasteiger partial charge in [0.2, 0.25) is 11.8 Å². The predicted molar refractivity (Wildman–Crippen MR) is 82.4 cm³/mol. The normalized spacial score (nSPS) is 11.7. The van der Waals surface area contributed by atoms with Gasteiger partial charge in [-0.2, -0.15) is 0 Å². The predicted octanol–water partition coefficient (Wildman–Crippen LogP) is 3.50. The number of aryl methyl sites for hydroxylation is 2. The first kappa shape index (κ1) is 27.5. The number of hydrogen-bond acceptors (Lipinski definition) is 6. The minimum Gasteiger partial charge on any atom is -0.426 e. The van der Waals surface area contributed by atoms with Crippen LogP contribution in [0.2, 0.25) is 0 Å². The van der Waals surface area contributed by atoms with E-state index in [1.54, 1.807) is 13.8 Å². The van der Waals surface area contributed by atoms with E-state index in [1.807, 2.05) is 0 Å². The van der Waals surface area contributed by atoms with Gasteiger partial charge in [0, 0.05) is 34.0 Å². The van der Waals surface area contributed by atoms with E-state index in [2.05, 4.69) is 14.4 Å². The van der Waals surface area contributed by atoms with Crippen LogP contribution in [0.4, 0.5) is 17.6 Å². The van der Waals surface area contributed by atoms with E-state index in [0.29, 0.717) is 11.8 Å². The Labute approximate surface area is 141 Å². The molecule has 0 aliphatic carbocycles. The highest BCUT2D eigenvalue weighted by Crippen LogP contribution is 2.32. The number of carbonyl (C=O) groups is 1. The summed E-state index contributed by atoms with van der Waals surface area (Å²) < 4.78 is 64.7. The summed E-state index contributed by atoms with van der Waals surface area (Å²) in [6.45, 7) is 6.96. The second kappa shape index (κ2) is 13.0. The van der Waals surface area contributed by atoms with Gasteiger partial charge in [-0.05, 0) is 13.8 Å². The molecule has 1 atom stereocenters. The number of hydrogen-bond donors (Lipinski definition) is 0. The van der Waals surface area contributed by atoms with E-state index in [1.165, 1.54) is 27.2 Å². The van der Waals surface area contributed by atoms with Crippen molar-refractivity contribution in [2.24, 2.45) is 0 Å². The van der Waals surface area contributed by atoms with Crippen molar-refractivity contribution in [3.05, 3.63) is 11.8 Å². The molecule has 144 valence electrons. The molecule has 0 saturated heterocycles. The van der Waals surface area contributed by atoms with E-state index >= 15 is 0 Å². The Hall–Kier alpha value is -1.36. The highest BCUT2D eigenvalue weighted by atomic mass is 32.2. The molecule has 0 radical (unpaired) electrons. The molecule has 0 N–H and O–H groups in total. The van der Waals surface area contributed by atoms with Crippen LogP contribution in [-0.4, -0.2) is 45.4 Å². The van der Waals surface area contributed by atoms with Crippen LogP contribution in [0, 0.1) is 13.8 Å². The molecule has 1 aromatic heterocycles. The molecule has 0 aromatic carbocycles. The fourth-order valence-corrected chi connectivity index (χ4v) is 0.395. The molecule has 1 rings (SSSR count). The fraction of sp³-hybridized carbons (Fsp3) is 0.769. The zero-order valence-electron chi connectivity index (χ0n) is 14.9. The van der Waals surface area contributed by atoms with E-state index < -0.39 is 22.9 Å². The number of aromatic nitrogens is 2. The van der Waals surface area contributed by atoms with E-state index in [-0.39, 0.29) is 19.6 Å². The van der Waals surface area contributed by atoms with Gasteiger partial charge in [0.25, 0.3) is 0 Å². The van der Waals surface area contributed by atoms with Crippen molar-refractivity contribution in [1.82, 2.24) is 10.2 Å². The van der Waals surface area contributed by atoms with Crippen molar-refractivity contribution in [3.8, 4) is 0 Å². The average Bonchev–Trinajstić information content (AvgIpc) is 2.71. The largest absolute Gasteiger partial charge is 0.426 e. The maximum atomic E-state index is 11.5. The third-order valence-electron chi connectivity index (χ3n) is 1.63. The molecule has 0 spiro atoms. The van der Waals surface area contributed by atoms with Crippen LogP contribution in [0.5, 0.6) is 0 Å². The first-order valence-corrected chi connectivity index (χ1v) is 7.90. The Morgan fingerprint density at radius 1 is 1.04 bits per heavy atom. The number of halogens is 4. The first-order chi connectivity index (χ1) is 10.5. The van der Waals surface area contributed by atoms with Gasteiger partial charge in [0.1, 0.15) is 5.78 Å². The summed E-state index contributed by atoms with van der Waals surface area (Å²) in [7, 11) is 1.40. The lowest BCUT2D eigenvalue weighted by Crippen LogP contribution is -2.33. The summed E-state index contributed by atoms with van der Waals surface area (Å²) in [4.78, 5) is 9.44. The van der Waals surface area contributed by atoms with Crippen molar-refractivity contribution in [3.63, 3.8) is 0 Å². The molecule has 1 aromatic rings. The monoisotopic (exact) mass is 380 g/mol. The van der Waals surface area contributed by atoms with Crippen molar-refractivity contribution in [2.75, 3.05) is 13.4 Å². The summed E-state index contributed by atoms with van der Waals surface area (Å²) in [6.07, 6.45) is 1.47. The van der Waals surface area contributed by atoms with Crippen LogP contribution in [-0.2, 0) is 20.1 Å². The second-order valence-electron chi connectivity index (χ2n) is 4.59. The lowest BCUT2D eigenvalue weighted by molar-refractivity contribution is -0.185. The molecule has 1 heterocycles. The maximum absolute atomic E-state index is 11.5. The molecule has 0 aliphatic rings. The molecule has 24 heavy (non-hydrogen) atoms. The number of ketones is 1. The number of Topliss-reactive ketones (excluding diaryl/α,β-unsaturated/α-hetero) is 1. The minimum absolute atomic E-state index is 0.167. The van der Waals surface area contributed by atoms with Crippen molar-refractivity contribution < 1.29 is 35.2 Å². The lowest BCUT2D eigenvalue weighted by atomic mass is 10.2. The van der Waals surface area contributed by atoms with Gasteiger partial charge in [-0.25, -0.2) is 21.8 Å². The Kier molecular flexibility index (Phi) is 14.9. The van der Waals surface area contributed by atoms with Crippen LogP contribution in [0.15, 0.2) is 4.42 Å². The summed E-state index contributed by atoms with van der Waals surface area (Å²) in [5, 5.41) is 7.20.